The molecule has 2 aromatic carbocycles. The van der Waals surface area contributed by atoms with Crippen LogP contribution < -0.4 is 10.2 Å². The van der Waals surface area contributed by atoms with E-state index in [0.29, 0.717) is 17.9 Å². The van der Waals surface area contributed by atoms with Gasteiger partial charge in [0.1, 0.15) is 12.4 Å². The zero-order valence-electron chi connectivity index (χ0n) is 14.3. The molecule has 3 N–H and O–H groups in total. The number of amides is 1. The van der Waals surface area contributed by atoms with Gasteiger partial charge in [0.25, 0.3) is 0 Å². The van der Waals surface area contributed by atoms with E-state index in [1.54, 1.807) is 24.3 Å². The molecule has 0 spiro atoms. The highest BCUT2D eigenvalue weighted by atomic mass is 16.5. The van der Waals surface area contributed by atoms with Gasteiger partial charge in [-0.1, -0.05) is 30.3 Å². The fourth-order valence-electron chi connectivity index (χ4n) is 2.80. The normalized spacial score (nSPS) is 12.0. The third-order valence-corrected chi connectivity index (χ3v) is 4.09. The first-order valence-corrected chi connectivity index (χ1v) is 8.26. The first-order chi connectivity index (χ1) is 12.6. The number of pyridine rings is 1. The molecule has 0 radical (unpaired) electrons. The molecule has 3 aromatic rings. The Morgan fingerprint density at radius 1 is 1.19 bits per heavy atom. The van der Waals surface area contributed by atoms with Crippen molar-refractivity contribution in [1.29, 1.82) is 0 Å². The minimum Gasteiger partial charge on any atom is -0.489 e. The number of hydrogen-bond donors (Lipinski definition) is 3. The second-order valence-electron chi connectivity index (χ2n) is 6.05. The number of fused-ring (bicyclic) bond motifs is 1. The second kappa shape index (κ2) is 7.95. The molecule has 134 valence electrons. The topological polar surface area (TPSA) is 91.7 Å². The Morgan fingerprint density at radius 2 is 1.92 bits per heavy atom. The summed E-state index contributed by atoms with van der Waals surface area (Å²) in [6, 6.07) is 16.8. The first kappa shape index (κ1) is 17.8. The van der Waals surface area contributed by atoms with Gasteiger partial charge in [0.2, 0.25) is 5.91 Å². The highest BCUT2D eigenvalue weighted by molar-refractivity contribution is 5.82. The smallest absolute Gasteiger partial charge is 0.246 e. The van der Waals surface area contributed by atoms with Gasteiger partial charge in [0.05, 0.1) is 18.0 Å². The van der Waals surface area contributed by atoms with Crippen molar-refractivity contribution >= 4 is 16.8 Å². The van der Waals surface area contributed by atoms with E-state index < -0.39 is 12.0 Å². The van der Waals surface area contributed by atoms with Crippen molar-refractivity contribution in [2.75, 3.05) is 0 Å². The van der Waals surface area contributed by atoms with Crippen molar-refractivity contribution in [3.05, 3.63) is 71.4 Å². The highest BCUT2D eigenvalue weighted by Crippen LogP contribution is 2.23. The van der Waals surface area contributed by atoms with Gasteiger partial charge < -0.3 is 9.84 Å². The number of benzene rings is 2. The third kappa shape index (κ3) is 4.17. The van der Waals surface area contributed by atoms with Crippen LogP contribution in [0, 0.1) is 6.92 Å². The van der Waals surface area contributed by atoms with Crippen molar-refractivity contribution in [3.8, 4) is 5.75 Å². The maximum atomic E-state index is 11.1. The van der Waals surface area contributed by atoms with Gasteiger partial charge in [-0.3, -0.25) is 15.0 Å². The number of nitrogens with zero attached hydrogens (tertiary/aromatic N) is 1. The molecule has 0 aliphatic rings. The molecule has 3 rings (SSSR count). The summed E-state index contributed by atoms with van der Waals surface area (Å²) < 4.78 is 5.86. The molecule has 26 heavy (non-hydrogen) atoms. The van der Waals surface area contributed by atoms with E-state index in [9.17, 15) is 9.90 Å². The van der Waals surface area contributed by atoms with Crippen LogP contribution >= 0.6 is 0 Å². The Labute approximate surface area is 151 Å². The van der Waals surface area contributed by atoms with Crippen LogP contribution in [0.1, 0.15) is 29.3 Å². The minimum absolute atomic E-state index is 0.209. The molecule has 1 amide bonds. The summed E-state index contributed by atoms with van der Waals surface area (Å²) >= 11 is 0. The number of aryl methyl sites for hydroxylation is 1. The summed E-state index contributed by atoms with van der Waals surface area (Å²) in [5, 5.41) is 19.5. The number of carbonyl (C=O) groups is 1. The highest BCUT2D eigenvalue weighted by Gasteiger charge is 2.12. The fourth-order valence-corrected chi connectivity index (χ4v) is 2.80. The maximum Gasteiger partial charge on any atom is 0.246 e. The zero-order chi connectivity index (χ0) is 18.5. The fraction of sp³-hybridized carbons (Fsp3) is 0.200. The van der Waals surface area contributed by atoms with E-state index in [1.807, 2.05) is 37.3 Å². The van der Waals surface area contributed by atoms with E-state index in [2.05, 4.69) is 4.98 Å². The van der Waals surface area contributed by atoms with E-state index in [1.165, 1.54) is 5.48 Å². The predicted molar refractivity (Wildman–Crippen MR) is 96.8 cm³/mol. The molecule has 0 saturated heterocycles. The Bertz CT molecular complexity index is 909. The molecule has 0 bridgehead atoms. The second-order valence-corrected chi connectivity index (χ2v) is 6.05. The molecule has 6 heteroatoms. The van der Waals surface area contributed by atoms with Crippen LogP contribution in [-0.2, 0) is 11.4 Å². The number of ether oxygens (including phenoxy) is 1. The van der Waals surface area contributed by atoms with Crippen molar-refractivity contribution in [2.24, 2.45) is 0 Å². The van der Waals surface area contributed by atoms with Crippen LogP contribution in [0.5, 0.6) is 5.75 Å². The molecule has 0 fully saturated rings. The molecule has 1 atom stereocenters. The summed E-state index contributed by atoms with van der Waals surface area (Å²) in [7, 11) is 0. The number of aliphatic hydroxyl groups excluding tert-OH is 1. The number of hydrogen-bond acceptors (Lipinski definition) is 5. The van der Waals surface area contributed by atoms with Gasteiger partial charge in [-0.05, 0) is 36.8 Å². The van der Waals surface area contributed by atoms with Crippen LogP contribution in [-0.4, -0.2) is 21.2 Å². The van der Waals surface area contributed by atoms with Gasteiger partial charge in [0.15, 0.2) is 0 Å². The largest absolute Gasteiger partial charge is 0.489 e. The van der Waals surface area contributed by atoms with Crippen LogP contribution in [0.3, 0.4) is 0 Å². The molecule has 0 aliphatic heterocycles. The van der Waals surface area contributed by atoms with E-state index in [0.717, 1.165) is 22.2 Å². The Balaban J connectivity index is 1.70. The number of para-hydroxylation sites is 1. The van der Waals surface area contributed by atoms with E-state index >= 15 is 0 Å². The molecule has 1 unspecified atom stereocenters. The zero-order valence-corrected chi connectivity index (χ0v) is 14.3. The predicted octanol–water partition coefficient (Wildman–Crippen LogP) is 3.05. The third-order valence-electron chi connectivity index (χ3n) is 4.09. The summed E-state index contributed by atoms with van der Waals surface area (Å²) in [4.78, 5) is 15.6. The number of aromatic nitrogens is 1. The average Bonchev–Trinajstić information content (AvgIpc) is 2.66. The number of rotatable bonds is 6. The number of carbonyl (C=O) groups excluding carboxylic acids is 1. The lowest BCUT2D eigenvalue weighted by atomic mass is 10.1. The van der Waals surface area contributed by atoms with Crippen molar-refractivity contribution < 1.29 is 19.8 Å². The average molecular weight is 352 g/mol. The summed E-state index contributed by atoms with van der Waals surface area (Å²) in [5.74, 6) is 0.0175. The van der Waals surface area contributed by atoms with Crippen LogP contribution in [0.4, 0.5) is 0 Å². The monoisotopic (exact) mass is 352 g/mol. The molecular formula is C20H20N2O4. The Kier molecular flexibility index (Phi) is 5.46. The molecule has 1 aromatic heterocycles. The van der Waals surface area contributed by atoms with Gasteiger partial charge in [-0.2, -0.15) is 0 Å². The molecule has 6 nitrogen and oxygen atoms in total. The number of nitrogens with one attached hydrogen (secondary N) is 1. The lowest BCUT2D eigenvalue weighted by Gasteiger charge is -2.12. The lowest BCUT2D eigenvalue weighted by Crippen LogP contribution is -2.21. The SMILES string of the molecule is Cc1cc(COc2ccc(C(O)CC(=O)NO)cc2)c2ccccc2n1. The quantitative estimate of drug-likeness (QED) is 0.468. The van der Waals surface area contributed by atoms with Gasteiger partial charge in [-0.15, -0.1) is 0 Å². The molecule has 0 aliphatic carbocycles. The van der Waals surface area contributed by atoms with Crippen molar-refractivity contribution in [3.63, 3.8) is 0 Å². The van der Waals surface area contributed by atoms with Crippen molar-refractivity contribution in [2.45, 2.75) is 26.1 Å². The van der Waals surface area contributed by atoms with Crippen LogP contribution in [0.2, 0.25) is 0 Å². The molecule has 0 saturated carbocycles. The Hall–Kier alpha value is -2.96. The maximum absolute atomic E-state index is 11.1. The van der Waals surface area contributed by atoms with Crippen LogP contribution in [0.15, 0.2) is 54.6 Å². The summed E-state index contributed by atoms with van der Waals surface area (Å²) in [6.45, 7) is 2.35. The number of aliphatic hydroxyl groups is 1. The Morgan fingerprint density at radius 3 is 2.65 bits per heavy atom. The van der Waals surface area contributed by atoms with Gasteiger partial charge in [0, 0.05) is 16.6 Å². The van der Waals surface area contributed by atoms with E-state index in [4.69, 9.17) is 9.94 Å². The molecule has 1 heterocycles. The summed E-state index contributed by atoms with van der Waals surface area (Å²) in [5.41, 5.74) is 5.00. The minimum atomic E-state index is -0.983. The first-order valence-electron chi connectivity index (χ1n) is 8.26. The molecular weight excluding hydrogens is 332 g/mol. The summed E-state index contributed by atoms with van der Waals surface area (Å²) in [6.07, 6.45) is -1.19. The standard InChI is InChI=1S/C20H20N2O4/c1-13-10-15(17-4-2-3-5-18(17)21-13)12-26-16-8-6-14(7-9-16)19(23)11-20(24)22-25/h2-10,19,23,25H,11-12H2,1H3,(H,22,24). The van der Waals surface area contributed by atoms with Gasteiger partial charge >= 0.3 is 0 Å². The lowest BCUT2D eigenvalue weighted by molar-refractivity contribution is -0.131. The van der Waals surface area contributed by atoms with Crippen LogP contribution in [0.25, 0.3) is 10.9 Å². The van der Waals surface area contributed by atoms with Gasteiger partial charge in [-0.25, -0.2) is 5.48 Å². The number of hydroxylamine groups is 1. The van der Waals surface area contributed by atoms with Crippen molar-refractivity contribution in [1.82, 2.24) is 10.5 Å². The van der Waals surface area contributed by atoms with E-state index in [-0.39, 0.29) is 6.42 Å².